The highest BCUT2D eigenvalue weighted by Gasteiger charge is 2.20. The summed E-state index contributed by atoms with van der Waals surface area (Å²) in [6, 6.07) is 4.99. The second kappa shape index (κ2) is 6.87. The Morgan fingerprint density at radius 1 is 1.27 bits per heavy atom. The van der Waals surface area contributed by atoms with E-state index in [1.165, 1.54) is 4.31 Å². The number of benzene rings is 1. The Morgan fingerprint density at radius 3 is 2.59 bits per heavy atom. The first-order valence-electron chi connectivity index (χ1n) is 7.06. The van der Waals surface area contributed by atoms with Gasteiger partial charge in [-0.1, -0.05) is 6.92 Å². The number of hydrogen-bond donors (Lipinski definition) is 1. The van der Waals surface area contributed by atoms with Gasteiger partial charge >= 0.3 is 0 Å². The normalized spacial score (nSPS) is 13.5. The van der Waals surface area contributed by atoms with Crippen LogP contribution in [0.1, 0.15) is 13.3 Å². The van der Waals surface area contributed by atoms with E-state index in [9.17, 15) is 13.2 Å². The Labute approximate surface area is 130 Å². The molecule has 0 bridgehead atoms. The molecule has 8 heteroatoms. The van der Waals surface area contributed by atoms with Gasteiger partial charge in [0.25, 0.3) is 0 Å². The fourth-order valence-electron chi connectivity index (χ4n) is 2.10. The number of sulfonamides is 1. The molecule has 0 fully saturated rings. The molecule has 122 valence electrons. The van der Waals surface area contributed by atoms with Crippen molar-refractivity contribution in [2.45, 2.75) is 13.3 Å². The summed E-state index contributed by atoms with van der Waals surface area (Å²) in [5.74, 6) is 1.01. The number of nitrogens with zero attached hydrogens (tertiary/aromatic N) is 1. The van der Waals surface area contributed by atoms with Crippen LogP contribution in [0.2, 0.25) is 0 Å². The lowest BCUT2D eigenvalue weighted by atomic mass is 10.2. The topological polar surface area (TPSA) is 84.9 Å². The fraction of sp³-hybridized carbons (Fsp3) is 0.500. The van der Waals surface area contributed by atoms with E-state index in [-0.39, 0.29) is 19.0 Å². The second-order valence-electron chi connectivity index (χ2n) is 4.87. The molecule has 0 aliphatic carbocycles. The summed E-state index contributed by atoms with van der Waals surface area (Å²) in [5, 5.41) is 2.67. The van der Waals surface area contributed by atoms with E-state index in [1.54, 1.807) is 25.1 Å². The van der Waals surface area contributed by atoms with Crippen LogP contribution in [0.4, 0.5) is 5.69 Å². The number of anilines is 1. The van der Waals surface area contributed by atoms with Gasteiger partial charge in [-0.05, 0) is 12.1 Å². The van der Waals surface area contributed by atoms with Crippen molar-refractivity contribution >= 4 is 21.6 Å². The molecule has 1 amide bonds. The molecule has 1 heterocycles. The Kier molecular flexibility index (Phi) is 5.12. The number of amides is 1. The molecule has 1 aromatic rings. The highest BCUT2D eigenvalue weighted by atomic mass is 32.2. The molecule has 0 spiro atoms. The van der Waals surface area contributed by atoms with Crippen molar-refractivity contribution in [1.82, 2.24) is 5.32 Å². The standard InChI is InChI=1S/C14H20N2O5S/c1-3-14(17)15-6-7-16(22(2,18)19)11-4-5-12-13(10-11)21-9-8-20-12/h4-5,10H,3,6-9H2,1-2H3,(H,15,17). The molecule has 2 rings (SSSR count). The third-order valence-electron chi connectivity index (χ3n) is 3.17. The zero-order chi connectivity index (χ0) is 16.2. The smallest absolute Gasteiger partial charge is 0.232 e. The van der Waals surface area contributed by atoms with Gasteiger partial charge in [0, 0.05) is 19.0 Å². The van der Waals surface area contributed by atoms with Gasteiger partial charge in [0.1, 0.15) is 13.2 Å². The first-order chi connectivity index (χ1) is 10.4. The summed E-state index contributed by atoms with van der Waals surface area (Å²) < 4.78 is 36.1. The van der Waals surface area contributed by atoms with Crippen molar-refractivity contribution in [2.24, 2.45) is 0 Å². The molecule has 0 aromatic heterocycles. The van der Waals surface area contributed by atoms with Crippen molar-refractivity contribution in [2.75, 3.05) is 36.9 Å². The minimum atomic E-state index is -3.46. The predicted octanol–water partition coefficient (Wildman–Crippen LogP) is 0.750. The zero-order valence-corrected chi connectivity index (χ0v) is 13.5. The van der Waals surface area contributed by atoms with Gasteiger partial charge in [0.05, 0.1) is 18.5 Å². The third kappa shape index (κ3) is 4.03. The van der Waals surface area contributed by atoms with Gasteiger partial charge in [0.2, 0.25) is 15.9 Å². The first-order valence-corrected chi connectivity index (χ1v) is 8.90. The molecule has 0 saturated heterocycles. The monoisotopic (exact) mass is 328 g/mol. The largest absolute Gasteiger partial charge is 0.486 e. The molecule has 1 aromatic carbocycles. The van der Waals surface area contributed by atoms with Crippen LogP contribution in [-0.4, -0.2) is 46.9 Å². The van der Waals surface area contributed by atoms with Gasteiger partial charge in [-0.25, -0.2) is 8.42 Å². The van der Waals surface area contributed by atoms with Gasteiger partial charge < -0.3 is 14.8 Å². The summed E-state index contributed by atoms with van der Waals surface area (Å²) in [6.07, 6.45) is 1.49. The quantitative estimate of drug-likeness (QED) is 0.833. The van der Waals surface area contributed by atoms with Crippen molar-refractivity contribution in [1.29, 1.82) is 0 Å². The van der Waals surface area contributed by atoms with Crippen molar-refractivity contribution in [3.8, 4) is 11.5 Å². The van der Waals surface area contributed by atoms with E-state index in [4.69, 9.17) is 9.47 Å². The lowest BCUT2D eigenvalue weighted by Crippen LogP contribution is -2.38. The van der Waals surface area contributed by atoms with Crippen molar-refractivity contribution < 1.29 is 22.7 Å². The molecule has 7 nitrogen and oxygen atoms in total. The Balaban J connectivity index is 2.17. The van der Waals surface area contributed by atoms with E-state index in [1.807, 2.05) is 0 Å². The number of fused-ring (bicyclic) bond motifs is 1. The molecule has 0 saturated carbocycles. The Hall–Kier alpha value is -1.96. The molecule has 1 N–H and O–H groups in total. The number of ether oxygens (including phenoxy) is 2. The summed E-state index contributed by atoms with van der Waals surface area (Å²) in [7, 11) is -3.46. The molecule has 0 atom stereocenters. The summed E-state index contributed by atoms with van der Waals surface area (Å²) in [4.78, 5) is 11.3. The van der Waals surface area contributed by atoms with Gasteiger partial charge in [-0.3, -0.25) is 9.10 Å². The van der Waals surface area contributed by atoms with Crippen LogP contribution in [0.25, 0.3) is 0 Å². The first kappa shape index (κ1) is 16.4. The van der Waals surface area contributed by atoms with E-state index >= 15 is 0 Å². The van der Waals surface area contributed by atoms with Crippen LogP contribution in [-0.2, 0) is 14.8 Å². The van der Waals surface area contributed by atoms with Crippen molar-refractivity contribution in [3.63, 3.8) is 0 Å². The molecule has 1 aliphatic heterocycles. The SMILES string of the molecule is CCC(=O)NCCN(c1ccc2c(c1)OCCO2)S(C)(=O)=O. The fourth-order valence-corrected chi connectivity index (χ4v) is 3.01. The average molecular weight is 328 g/mol. The lowest BCUT2D eigenvalue weighted by molar-refractivity contribution is -0.120. The number of carbonyl (C=O) groups is 1. The van der Waals surface area contributed by atoms with E-state index in [0.29, 0.717) is 36.8 Å². The van der Waals surface area contributed by atoms with Gasteiger partial charge in [-0.2, -0.15) is 0 Å². The Bertz CT molecular complexity index is 645. The van der Waals surface area contributed by atoms with Crippen LogP contribution >= 0.6 is 0 Å². The highest BCUT2D eigenvalue weighted by Crippen LogP contribution is 2.34. The molecule has 1 aliphatic rings. The maximum atomic E-state index is 12.0. The van der Waals surface area contributed by atoms with E-state index in [0.717, 1.165) is 6.26 Å². The summed E-state index contributed by atoms with van der Waals surface area (Å²) in [6.45, 7) is 3.05. The van der Waals surface area contributed by atoms with Crippen LogP contribution in [0.15, 0.2) is 18.2 Å². The maximum absolute atomic E-state index is 12.0. The predicted molar refractivity (Wildman–Crippen MR) is 82.9 cm³/mol. The number of rotatable bonds is 6. The van der Waals surface area contributed by atoms with Crippen LogP contribution in [0, 0.1) is 0 Å². The maximum Gasteiger partial charge on any atom is 0.232 e. The minimum Gasteiger partial charge on any atom is -0.486 e. The van der Waals surface area contributed by atoms with Crippen LogP contribution in [0.3, 0.4) is 0 Å². The zero-order valence-electron chi connectivity index (χ0n) is 12.7. The summed E-state index contributed by atoms with van der Waals surface area (Å²) in [5.41, 5.74) is 0.484. The third-order valence-corrected chi connectivity index (χ3v) is 4.37. The second-order valence-corrected chi connectivity index (χ2v) is 6.77. The molecule has 22 heavy (non-hydrogen) atoms. The lowest BCUT2D eigenvalue weighted by Gasteiger charge is -2.25. The van der Waals surface area contributed by atoms with E-state index < -0.39 is 10.0 Å². The van der Waals surface area contributed by atoms with Crippen LogP contribution < -0.4 is 19.1 Å². The van der Waals surface area contributed by atoms with Gasteiger partial charge in [-0.15, -0.1) is 0 Å². The highest BCUT2D eigenvalue weighted by molar-refractivity contribution is 7.92. The number of nitrogens with one attached hydrogen (secondary N) is 1. The van der Waals surface area contributed by atoms with Crippen LogP contribution in [0.5, 0.6) is 11.5 Å². The number of hydrogen-bond acceptors (Lipinski definition) is 5. The number of carbonyl (C=O) groups excluding carboxylic acids is 1. The molecule has 0 radical (unpaired) electrons. The molecular formula is C14H20N2O5S. The summed E-state index contributed by atoms with van der Waals surface area (Å²) >= 11 is 0. The molecular weight excluding hydrogens is 308 g/mol. The van der Waals surface area contributed by atoms with Crippen molar-refractivity contribution in [3.05, 3.63) is 18.2 Å². The van der Waals surface area contributed by atoms with E-state index in [2.05, 4.69) is 5.32 Å². The minimum absolute atomic E-state index is 0.115. The average Bonchev–Trinajstić information content (AvgIpc) is 2.49. The molecule has 0 unspecified atom stereocenters. The Morgan fingerprint density at radius 2 is 1.95 bits per heavy atom. The van der Waals surface area contributed by atoms with Gasteiger partial charge in [0.15, 0.2) is 11.5 Å².